The third kappa shape index (κ3) is 9.55. The Labute approximate surface area is 122 Å². The van der Waals surface area contributed by atoms with Gasteiger partial charge in [0, 0.05) is 12.6 Å². The average Bonchev–Trinajstić information content (AvgIpc) is 2.32. The average molecular weight is 286 g/mol. The second-order valence-corrected chi connectivity index (χ2v) is 5.83. The maximum atomic E-state index is 11.4. The van der Waals surface area contributed by atoms with Gasteiger partial charge in [-0.3, -0.25) is 4.79 Å². The van der Waals surface area contributed by atoms with E-state index in [1.165, 1.54) is 11.8 Å². The molecule has 0 aromatic rings. The molecule has 0 aromatic carbocycles. The van der Waals surface area contributed by atoms with Crippen molar-refractivity contribution >= 4 is 11.9 Å². The summed E-state index contributed by atoms with van der Waals surface area (Å²) >= 11 is 0. The van der Waals surface area contributed by atoms with E-state index in [4.69, 9.17) is 10.8 Å². The Balaban J connectivity index is 0. The molecular formula is C15H30N2O3. The first-order chi connectivity index (χ1) is 9.04. The van der Waals surface area contributed by atoms with E-state index in [9.17, 15) is 9.59 Å². The van der Waals surface area contributed by atoms with Crippen molar-refractivity contribution in [2.24, 2.45) is 17.6 Å². The number of carboxylic acids is 1. The SMILES string of the molecule is C/C(=C\[C@H](C(C)C)N(C)C(=O)CN)C(=O)O.CC(C)C. The number of hydrogen-bond acceptors (Lipinski definition) is 3. The molecule has 5 heteroatoms. The van der Waals surface area contributed by atoms with Gasteiger partial charge in [0.15, 0.2) is 0 Å². The number of rotatable bonds is 5. The van der Waals surface area contributed by atoms with Gasteiger partial charge in [-0.05, 0) is 18.8 Å². The molecule has 3 N–H and O–H groups in total. The zero-order chi connectivity index (χ0) is 16.5. The lowest BCUT2D eigenvalue weighted by atomic mass is 10.00. The van der Waals surface area contributed by atoms with E-state index in [1.807, 2.05) is 13.8 Å². The van der Waals surface area contributed by atoms with Crippen LogP contribution in [0.1, 0.15) is 41.5 Å². The van der Waals surface area contributed by atoms with Gasteiger partial charge in [0.1, 0.15) is 0 Å². The summed E-state index contributed by atoms with van der Waals surface area (Å²) in [6, 6.07) is -0.243. The Morgan fingerprint density at radius 2 is 1.60 bits per heavy atom. The van der Waals surface area contributed by atoms with Gasteiger partial charge in [0.2, 0.25) is 5.91 Å². The van der Waals surface area contributed by atoms with Crippen LogP contribution in [0.4, 0.5) is 0 Å². The van der Waals surface area contributed by atoms with Crippen molar-refractivity contribution in [1.29, 1.82) is 0 Å². The van der Waals surface area contributed by atoms with Crippen LogP contribution in [0, 0.1) is 11.8 Å². The number of nitrogens with zero attached hydrogens (tertiary/aromatic N) is 1. The summed E-state index contributed by atoms with van der Waals surface area (Å²) in [5.74, 6) is -0.206. The minimum Gasteiger partial charge on any atom is -0.478 e. The number of likely N-dealkylation sites (N-methyl/N-ethyl adjacent to an activating group) is 1. The smallest absolute Gasteiger partial charge is 0.331 e. The normalized spacial score (nSPS) is 12.8. The van der Waals surface area contributed by atoms with Crippen LogP contribution in [0.2, 0.25) is 0 Å². The van der Waals surface area contributed by atoms with Gasteiger partial charge in [-0.2, -0.15) is 0 Å². The van der Waals surface area contributed by atoms with Crippen LogP contribution in [0.15, 0.2) is 11.6 Å². The van der Waals surface area contributed by atoms with Gasteiger partial charge in [-0.15, -0.1) is 0 Å². The van der Waals surface area contributed by atoms with E-state index in [0.717, 1.165) is 5.92 Å². The van der Waals surface area contributed by atoms with E-state index < -0.39 is 5.97 Å². The van der Waals surface area contributed by atoms with E-state index in [-0.39, 0.29) is 30.0 Å². The minimum atomic E-state index is -0.973. The summed E-state index contributed by atoms with van der Waals surface area (Å²) < 4.78 is 0. The van der Waals surface area contributed by atoms with Gasteiger partial charge >= 0.3 is 5.97 Å². The predicted octanol–water partition coefficient (Wildman–Crippen LogP) is 2.12. The highest BCUT2D eigenvalue weighted by molar-refractivity contribution is 5.86. The largest absolute Gasteiger partial charge is 0.478 e. The van der Waals surface area contributed by atoms with Crippen molar-refractivity contribution < 1.29 is 14.7 Å². The molecule has 0 bridgehead atoms. The van der Waals surface area contributed by atoms with Crippen molar-refractivity contribution in [3.05, 3.63) is 11.6 Å². The Kier molecular flexibility index (Phi) is 10.9. The maximum Gasteiger partial charge on any atom is 0.331 e. The molecule has 1 atom stereocenters. The summed E-state index contributed by atoms with van der Waals surface area (Å²) in [7, 11) is 1.63. The van der Waals surface area contributed by atoms with Crippen LogP contribution in [-0.4, -0.2) is 41.5 Å². The van der Waals surface area contributed by atoms with Crippen LogP contribution >= 0.6 is 0 Å². The first-order valence-corrected chi connectivity index (χ1v) is 6.91. The van der Waals surface area contributed by atoms with Gasteiger partial charge < -0.3 is 15.7 Å². The molecule has 0 aliphatic carbocycles. The number of nitrogens with two attached hydrogens (primary N) is 1. The molecule has 0 spiro atoms. The Bertz CT molecular complexity index is 333. The molecule has 5 nitrogen and oxygen atoms in total. The molecule has 1 amide bonds. The van der Waals surface area contributed by atoms with Crippen LogP contribution < -0.4 is 5.73 Å². The molecule has 20 heavy (non-hydrogen) atoms. The number of aliphatic carboxylic acids is 1. The van der Waals surface area contributed by atoms with Crippen molar-refractivity contribution in [2.75, 3.05) is 13.6 Å². The van der Waals surface area contributed by atoms with Crippen molar-refractivity contribution in [1.82, 2.24) is 4.90 Å². The molecule has 0 radical (unpaired) electrons. The van der Waals surface area contributed by atoms with E-state index >= 15 is 0 Å². The highest BCUT2D eigenvalue weighted by Gasteiger charge is 2.21. The summed E-state index contributed by atoms with van der Waals surface area (Å²) in [4.78, 5) is 23.6. The van der Waals surface area contributed by atoms with E-state index in [0.29, 0.717) is 0 Å². The number of carboxylic acid groups (broad SMARTS) is 1. The van der Waals surface area contributed by atoms with Crippen LogP contribution in [-0.2, 0) is 9.59 Å². The third-order valence-corrected chi connectivity index (χ3v) is 2.46. The fourth-order valence-electron chi connectivity index (χ4n) is 1.39. The quantitative estimate of drug-likeness (QED) is 0.758. The van der Waals surface area contributed by atoms with Gasteiger partial charge in [0.25, 0.3) is 0 Å². The highest BCUT2D eigenvalue weighted by Crippen LogP contribution is 2.13. The zero-order valence-electron chi connectivity index (χ0n) is 13.8. The second-order valence-electron chi connectivity index (χ2n) is 5.83. The van der Waals surface area contributed by atoms with Gasteiger partial charge in [0.05, 0.1) is 12.6 Å². The van der Waals surface area contributed by atoms with Crippen molar-refractivity contribution in [3.8, 4) is 0 Å². The molecule has 0 saturated heterocycles. The fraction of sp³-hybridized carbons (Fsp3) is 0.733. The summed E-state index contributed by atoms with van der Waals surface area (Å²) in [5.41, 5.74) is 5.51. The summed E-state index contributed by atoms with van der Waals surface area (Å²) in [6.45, 7) is 11.8. The summed E-state index contributed by atoms with van der Waals surface area (Å²) in [5, 5.41) is 8.79. The van der Waals surface area contributed by atoms with Crippen molar-refractivity contribution in [2.45, 2.75) is 47.6 Å². The molecule has 0 aromatic heterocycles. The topological polar surface area (TPSA) is 83.6 Å². The minimum absolute atomic E-state index is 0.0698. The molecule has 0 aliphatic rings. The maximum absolute atomic E-state index is 11.4. The lowest BCUT2D eigenvalue weighted by Crippen LogP contribution is -2.42. The molecule has 0 fully saturated rings. The number of carbonyl (C=O) groups excluding carboxylic acids is 1. The van der Waals surface area contributed by atoms with Crippen LogP contribution in [0.3, 0.4) is 0 Å². The van der Waals surface area contributed by atoms with Crippen LogP contribution in [0.25, 0.3) is 0 Å². The standard InChI is InChI=1S/C11H20N2O3.C4H10/c1-7(2)9(5-8(3)11(15)16)13(4)10(14)6-12;1-4(2)3/h5,7,9H,6,12H2,1-4H3,(H,15,16);4H,1-3H3/b8-5+;/t9-;/m1./s1. The molecule has 0 rings (SSSR count). The molecule has 0 heterocycles. The van der Waals surface area contributed by atoms with Gasteiger partial charge in [-0.25, -0.2) is 4.79 Å². The molecule has 0 unspecified atom stereocenters. The lowest BCUT2D eigenvalue weighted by molar-refractivity contribution is -0.133. The Morgan fingerprint density at radius 1 is 1.20 bits per heavy atom. The molecular weight excluding hydrogens is 256 g/mol. The molecule has 118 valence electrons. The fourth-order valence-corrected chi connectivity index (χ4v) is 1.39. The van der Waals surface area contributed by atoms with Crippen molar-refractivity contribution in [3.63, 3.8) is 0 Å². The van der Waals surface area contributed by atoms with E-state index in [1.54, 1.807) is 13.1 Å². The molecule has 0 aliphatic heterocycles. The van der Waals surface area contributed by atoms with Gasteiger partial charge in [-0.1, -0.05) is 40.7 Å². The number of amides is 1. The zero-order valence-corrected chi connectivity index (χ0v) is 13.8. The monoisotopic (exact) mass is 286 g/mol. The third-order valence-electron chi connectivity index (χ3n) is 2.46. The van der Waals surface area contributed by atoms with Crippen LogP contribution in [0.5, 0.6) is 0 Å². The first kappa shape index (κ1) is 20.9. The first-order valence-electron chi connectivity index (χ1n) is 6.91. The number of carbonyl (C=O) groups is 2. The second kappa shape index (κ2) is 10.4. The Hall–Kier alpha value is -1.36. The predicted molar refractivity (Wildman–Crippen MR) is 82.4 cm³/mol. The molecule has 0 saturated carbocycles. The Morgan fingerprint density at radius 3 is 1.85 bits per heavy atom. The highest BCUT2D eigenvalue weighted by atomic mass is 16.4. The van der Waals surface area contributed by atoms with E-state index in [2.05, 4.69) is 20.8 Å². The number of hydrogen-bond donors (Lipinski definition) is 2. The lowest BCUT2D eigenvalue weighted by Gasteiger charge is -2.29. The summed E-state index contributed by atoms with van der Waals surface area (Å²) in [6.07, 6.45) is 1.58.